The highest BCUT2D eigenvalue weighted by Crippen LogP contribution is 2.38. The van der Waals surface area contributed by atoms with Gasteiger partial charge >= 0.3 is 0 Å². The molecule has 0 aromatic heterocycles. The highest BCUT2D eigenvalue weighted by Gasteiger charge is 2.55. The van der Waals surface area contributed by atoms with E-state index < -0.39 is 11.7 Å². The molecule has 0 aromatic rings. The van der Waals surface area contributed by atoms with Gasteiger partial charge in [0.1, 0.15) is 13.4 Å². The van der Waals surface area contributed by atoms with Crippen LogP contribution in [0.4, 0.5) is 0 Å². The van der Waals surface area contributed by atoms with Crippen molar-refractivity contribution in [2.45, 2.75) is 17.7 Å². The number of hydrogen-bond donors (Lipinski definition) is 2. The van der Waals surface area contributed by atoms with E-state index in [1.165, 1.54) is 0 Å². The molecule has 0 aliphatic carbocycles. The maximum atomic E-state index is 9.76. The van der Waals surface area contributed by atoms with E-state index in [1.807, 2.05) is 7.85 Å². The van der Waals surface area contributed by atoms with E-state index in [0.717, 1.165) is 0 Å². The smallest absolute Gasteiger partial charge is 0.140 e. The molecule has 2 bridgehead atoms. The molecule has 2 N–H and O–H groups in total. The molecule has 1 unspecified atom stereocenters. The number of ether oxygens (including phenoxy) is 2. The van der Waals surface area contributed by atoms with Crippen LogP contribution in [0.1, 0.15) is 0 Å². The molecule has 2 fully saturated rings. The summed E-state index contributed by atoms with van der Waals surface area (Å²) < 4.78 is 10.8. The molecule has 68 valence electrons. The Morgan fingerprint density at radius 3 is 2.92 bits per heavy atom. The van der Waals surface area contributed by atoms with Crippen molar-refractivity contribution in [2.75, 3.05) is 19.8 Å². The molecule has 2 aliphatic rings. The topological polar surface area (TPSA) is 58.9 Å². The summed E-state index contributed by atoms with van der Waals surface area (Å²) in [5.41, 5.74) is -0.845. The zero-order valence-electron chi connectivity index (χ0n) is 7.06. The summed E-state index contributed by atoms with van der Waals surface area (Å²) in [4.78, 5) is 0. The first-order valence-corrected chi connectivity index (χ1v) is 4.24. The van der Waals surface area contributed by atoms with E-state index in [4.69, 9.17) is 14.6 Å². The Morgan fingerprint density at radius 1 is 1.58 bits per heavy atom. The summed E-state index contributed by atoms with van der Waals surface area (Å²) in [7, 11) is 1.90. The van der Waals surface area contributed by atoms with Crippen molar-refractivity contribution in [3.05, 3.63) is 0 Å². The molecule has 4 atom stereocenters. The van der Waals surface area contributed by atoms with E-state index in [1.54, 1.807) is 0 Å². The average Bonchev–Trinajstić information content (AvgIpc) is 2.23. The maximum absolute atomic E-state index is 9.76. The molecular weight excluding hydrogens is 159 g/mol. The van der Waals surface area contributed by atoms with Gasteiger partial charge < -0.3 is 19.7 Å². The predicted octanol–water partition coefficient (Wildman–Crippen LogP) is -2.29. The van der Waals surface area contributed by atoms with Gasteiger partial charge in [0.2, 0.25) is 0 Å². The molecule has 2 rings (SSSR count). The van der Waals surface area contributed by atoms with E-state index in [-0.39, 0.29) is 18.5 Å². The Morgan fingerprint density at radius 2 is 2.33 bits per heavy atom. The maximum Gasteiger partial charge on any atom is 0.140 e. The highest BCUT2D eigenvalue weighted by molar-refractivity contribution is 6.11. The van der Waals surface area contributed by atoms with Gasteiger partial charge in [0.25, 0.3) is 0 Å². The van der Waals surface area contributed by atoms with Crippen LogP contribution in [-0.2, 0) is 9.47 Å². The molecular formula is C7H13BO4. The third kappa shape index (κ3) is 0.940. The fourth-order valence-corrected chi connectivity index (χ4v) is 2.06. The van der Waals surface area contributed by atoms with Crippen molar-refractivity contribution in [1.29, 1.82) is 0 Å². The zero-order valence-corrected chi connectivity index (χ0v) is 7.06. The fraction of sp³-hybridized carbons (Fsp3) is 1.00. The first kappa shape index (κ1) is 8.50. The van der Waals surface area contributed by atoms with Gasteiger partial charge in [-0.1, -0.05) is 0 Å². The third-order valence-corrected chi connectivity index (χ3v) is 2.89. The van der Waals surface area contributed by atoms with Crippen LogP contribution < -0.4 is 0 Å². The fourth-order valence-electron chi connectivity index (χ4n) is 2.06. The largest absolute Gasteiger partial charge is 0.393 e. The van der Waals surface area contributed by atoms with Gasteiger partial charge in [0.05, 0.1) is 25.9 Å². The van der Waals surface area contributed by atoms with Gasteiger partial charge in [-0.3, -0.25) is 0 Å². The Bertz CT molecular complexity index is 188. The Hall–Kier alpha value is -0.0951. The summed E-state index contributed by atoms with van der Waals surface area (Å²) in [6, 6.07) is -0.0188. The van der Waals surface area contributed by atoms with Crippen LogP contribution in [0.25, 0.3) is 0 Å². The molecule has 5 heteroatoms. The van der Waals surface area contributed by atoms with Gasteiger partial charge in [-0.2, -0.15) is 0 Å². The minimum absolute atomic E-state index is 0.0188. The molecule has 0 aromatic carbocycles. The van der Waals surface area contributed by atoms with Crippen molar-refractivity contribution < 1.29 is 19.7 Å². The van der Waals surface area contributed by atoms with Crippen molar-refractivity contribution in [3.8, 4) is 0 Å². The van der Waals surface area contributed by atoms with Crippen LogP contribution in [0, 0.1) is 5.92 Å². The first-order valence-electron chi connectivity index (χ1n) is 4.24. The van der Waals surface area contributed by atoms with Crippen LogP contribution in [0.15, 0.2) is 0 Å². The number of aliphatic hydroxyl groups excluding tert-OH is 2. The van der Waals surface area contributed by atoms with Crippen LogP contribution >= 0.6 is 0 Å². The van der Waals surface area contributed by atoms with Gasteiger partial charge in [-0.05, 0) is 0 Å². The van der Waals surface area contributed by atoms with Crippen LogP contribution in [-0.4, -0.2) is 55.6 Å². The van der Waals surface area contributed by atoms with E-state index in [0.29, 0.717) is 13.2 Å². The molecule has 2 heterocycles. The first-order chi connectivity index (χ1) is 5.69. The standard InChI is InChI=1S/C7H13BO4/c8-6-4-1-11-3-7(2-9,12-6)5(4)10/h4-6,9-10H,1-3,8H2/t4-,5?,6+,7-/m0/s1. The van der Waals surface area contributed by atoms with Gasteiger partial charge in [-0.25, -0.2) is 0 Å². The molecule has 0 saturated carbocycles. The summed E-state index contributed by atoms with van der Waals surface area (Å²) in [6.07, 6.45) is -0.578. The second-order valence-electron chi connectivity index (χ2n) is 3.67. The summed E-state index contributed by atoms with van der Waals surface area (Å²) in [5.74, 6) is 0.0194. The number of aliphatic hydroxyl groups is 2. The van der Waals surface area contributed by atoms with Crippen LogP contribution in [0.3, 0.4) is 0 Å². The molecule has 12 heavy (non-hydrogen) atoms. The SMILES string of the molecule is B[C@@H]1O[C@@]2(CO)COC[C@H]1C2O. The number of fused-ring (bicyclic) bond motifs is 2. The van der Waals surface area contributed by atoms with E-state index >= 15 is 0 Å². The molecule has 2 saturated heterocycles. The van der Waals surface area contributed by atoms with Crippen LogP contribution in [0.2, 0.25) is 0 Å². The molecule has 4 nitrogen and oxygen atoms in total. The van der Waals surface area contributed by atoms with Crippen molar-refractivity contribution in [2.24, 2.45) is 5.92 Å². The van der Waals surface area contributed by atoms with E-state index in [9.17, 15) is 5.11 Å². The van der Waals surface area contributed by atoms with Gasteiger partial charge in [0, 0.05) is 11.9 Å². The van der Waals surface area contributed by atoms with Crippen molar-refractivity contribution in [3.63, 3.8) is 0 Å². The lowest BCUT2D eigenvalue weighted by molar-refractivity contribution is -0.153. The third-order valence-electron chi connectivity index (χ3n) is 2.89. The molecule has 0 amide bonds. The lowest BCUT2D eigenvalue weighted by Crippen LogP contribution is -2.52. The number of rotatable bonds is 1. The quantitative estimate of drug-likeness (QED) is 0.437. The molecule has 2 aliphatic heterocycles. The van der Waals surface area contributed by atoms with Gasteiger partial charge in [0.15, 0.2) is 0 Å². The highest BCUT2D eigenvalue weighted by atomic mass is 16.6. The van der Waals surface area contributed by atoms with Crippen molar-refractivity contribution >= 4 is 7.85 Å². The molecule has 0 spiro atoms. The molecule has 0 radical (unpaired) electrons. The van der Waals surface area contributed by atoms with E-state index in [2.05, 4.69) is 0 Å². The normalized spacial score (nSPS) is 52.7. The summed E-state index contributed by atoms with van der Waals surface area (Å²) in [5, 5.41) is 18.9. The minimum Gasteiger partial charge on any atom is -0.393 e. The average molecular weight is 172 g/mol. The summed E-state index contributed by atoms with van der Waals surface area (Å²) >= 11 is 0. The van der Waals surface area contributed by atoms with Crippen LogP contribution in [0.5, 0.6) is 0 Å². The second kappa shape index (κ2) is 2.70. The lowest BCUT2D eigenvalue weighted by atomic mass is 9.81. The Balaban J connectivity index is 2.24. The Labute approximate surface area is 71.9 Å². The second-order valence-corrected chi connectivity index (χ2v) is 3.67. The summed E-state index contributed by atoms with van der Waals surface area (Å²) in [6.45, 7) is 0.657. The van der Waals surface area contributed by atoms with Gasteiger partial charge in [-0.15, -0.1) is 0 Å². The Kier molecular flexibility index (Phi) is 1.91. The minimum atomic E-state index is -0.845. The zero-order chi connectivity index (χ0) is 8.77. The predicted molar refractivity (Wildman–Crippen MR) is 43.5 cm³/mol. The number of hydrogen-bond acceptors (Lipinski definition) is 4. The monoisotopic (exact) mass is 172 g/mol. The lowest BCUT2D eigenvalue weighted by Gasteiger charge is -2.34. The van der Waals surface area contributed by atoms with Crippen molar-refractivity contribution in [1.82, 2.24) is 0 Å².